The van der Waals surface area contributed by atoms with E-state index in [-0.39, 0.29) is 24.8 Å². The van der Waals surface area contributed by atoms with E-state index in [2.05, 4.69) is 94.9 Å². The van der Waals surface area contributed by atoms with Crippen LogP contribution in [-0.2, 0) is 0 Å². The van der Waals surface area contributed by atoms with Gasteiger partial charge in [-0.2, -0.15) is 0 Å². The zero-order chi connectivity index (χ0) is 18.8. The maximum atomic E-state index is 3.18. The van der Waals surface area contributed by atoms with Gasteiger partial charge in [-0.15, -0.1) is 0 Å². The number of hydrogen-bond acceptors (Lipinski definition) is 0. The van der Waals surface area contributed by atoms with Gasteiger partial charge in [0.05, 0.1) is 0 Å². The van der Waals surface area contributed by atoms with Crippen molar-refractivity contribution in [1.82, 2.24) is 0 Å². The van der Waals surface area contributed by atoms with E-state index in [1.807, 2.05) is 24.8 Å². The number of aromatic amines is 2. The molecule has 4 atom stereocenters. The van der Waals surface area contributed by atoms with Gasteiger partial charge in [0.2, 0.25) is 0 Å². The summed E-state index contributed by atoms with van der Waals surface area (Å²) in [6.07, 6.45) is 8.18. The third-order valence-electron chi connectivity index (χ3n) is 6.17. The van der Waals surface area contributed by atoms with Crippen LogP contribution >= 0.6 is 0 Å². The Labute approximate surface area is 190 Å². The molecule has 152 valence electrons. The highest BCUT2D eigenvalue weighted by molar-refractivity contribution is 5.47. The number of rotatable bonds is 4. The average Bonchev–Trinajstić information content (AvgIpc) is 2.76. The first-order chi connectivity index (χ1) is 13.9. The summed E-state index contributed by atoms with van der Waals surface area (Å²) in [7, 11) is 0. The maximum absolute atomic E-state index is 3.18. The second kappa shape index (κ2) is 9.88. The molecule has 2 unspecified atom stereocenters. The van der Waals surface area contributed by atoms with Crippen molar-refractivity contribution in [2.45, 2.75) is 23.7 Å². The zero-order valence-electron chi connectivity index (χ0n) is 16.5. The molecular weight excluding hydrogens is 411 g/mol. The number of H-pyrrole nitrogens is 2. The molecule has 5 rings (SSSR count). The van der Waals surface area contributed by atoms with Crippen LogP contribution in [0.15, 0.2) is 110 Å². The topological polar surface area (TPSA) is 28.3 Å². The van der Waals surface area contributed by atoms with Crippen molar-refractivity contribution in [3.63, 3.8) is 0 Å². The monoisotopic (exact) mass is 434 g/mol. The minimum absolute atomic E-state index is 0. The number of nitrogens with one attached hydrogen (secondary N) is 2. The van der Waals surface area contributed by atoms with Gasteiger partial charge in [-0.1, -0.05) is 60.7 Å². The summed E-state index contributed by atoms with van der Waals surface area (Å²) in [4.78, 5) is 6.37. The first-order valence-corrected chi connectivity index (χ1v) is 9.95. The lowest BCUT2D eigenvalue weighted by atomic mass is 9.49. The number of halogens is 2. The van der Waals surface area contributed by atoms with Crippen LogP contribution in [-0.4, -0.2) is 0 Å². The highest BCUT2D eigenvalue weighted by Crippen LogP contribution is 2.66. The summed E-state index contributed by atoms with van der Waals surface area (Å²) in [5.41, 5.74) is 5.65. The highest BCUT2D eigenvalue weighted by Gasteiger charge is 2.52. The van der Waals surface area contributed by atoms with Crippen molar-refractivity contribution < 1.29 is 34.8 Å². The largest absolute Gasteiger partial charge is 1.00 e. The van der Waals surface area contributed by atoms with Crippen LogP contribution in [0.1, 0.15) is 45.9 Å². The van der Waals surface area contributed by atoms with Gasteiger partial charge in [-0.05, 0) is 45.9 Å². The lowest BCUT2D eigenvalue weighted by Crippen LogP contribution is -3.00. The molecule has 0 radical (unpaired) electrons. The molecule has 0 amide bonds. The van der Waals surface area contributed by atoms with Crippen molar-refractivity contribution >= 4 is 0 Å². The van der Waals surface area contributed by atoms with Gasteiger partial charge in [-0.25, -0.2) is 9.97 Å². The summed E-state index contributed by atoms with van der Waals surface area (Å²) < 4.78 is 0. The molecule has 0 bridgehead atoms. The predicted molar refractivity (Wildman–Crippen MR) is 110 cm³/mol. The van der Waals surface area contributed by atoms with Gasteiger partial charge in [0.25, 0.3) is 0 Å². The van der Waals surface area contributed by atoms with Crippen molar-refractivity contribution in [2.24, 2.45) is 0 Å². The van der Waals surface area contributed by atoms with E-state index >= 15 is 0 Å². The Kier molecular flexibility index (Phi) is 7.25. The standard InChI is InChI=1S/C26H22N2.2ClH/c1-3-7-19(8-4-1)23-24(20-9-5-2-6-10-20)26(22-13-17-28-18-14-22)25(23)21-11-15-27-16-12-21;;/h1-18,23-26H;2*1H/t23-,24?,25?,26+;;/m0../s1. The molecule has 2 aromatic heterocycles. The molecule has 2 N–H and O–H groups in total. The summed E-state index contributed by atoms with van der Waals surface area (Å²) in [5.74, 6) is 1.81. The lowest BCUT2D eigenvalue weighted by Gasteiger charge is -2.53. The van der Waals surface area contributed by atoms with Gasteiger partial charge in [0.1, 0.15) is 0 Å². The van der Waals surface area contributed by atoms with Gasteiger partial charge in [0.15, 0.2) is 24.8 Å². The Bertz CT molecular complexity index is 846. The molecule has 1 fully saturated rings. The predicted octanol–water partition coefficient (Wildman–Crippen LogP) is -1.23. The molecule has 2 aromatic carbocycles. The van der Waals surface area contributed by atoms with Crippen molar-refractivity contribution in [1.29, 1.82) is 0 Å². The normalized spacial score (nSPS) is 22.1. The summed E-state index contributed by atoms with van der Waals surface area (Å²) in [6.45, 7) is 0. The van der Waals surface area contributed by atoms with Crippen LogP contribution in [0.2, 0.25) is 0 Å². The number of aromatic nitrogens is 2. The molecule has 4 aromatic rings. The summed E-state index contributed by atoms with van der Waals surface area (Å²) >= 11 is 0. The Morgan fingerprint density at radius 3 is 0.933 bits per heavy atom. The van der Waals surface area contributed by atoms with E-state index in [0.29, 0.717) is 23.7 Å². The Morgan fingerprint density at radius 2 is 0.633 bits per heavy atom. The molecule has 30 heavy (non-hydrogen) atoms. The maximum Gasteiger partial charge on any atom is 0.167 e. The molecule has 1 aliphatic rings. The number of pyridine rings is 2. The smallest absolute Gasteiger partial charge is 0.167 e. The van der Waals surface area contributed by atoms with E-state index in [1.54, 1.807) is 0 Å². The zero-order valence-corrected chi connectivity index (χ0v) is 18.0. The Morgan fingerprint density at radius 1 is 0.367 bits per heavy atom. The average molecular weight is 435 g/mol. The van der Waals surface area contributed by atoms with Crippen LogP contribution in [0.4, 0.5) is 0 Å². The fourth-order valence-corrected chi connectivity index (χ4v) is 5.00. The second-order valence-corrected chi connectivity index (χ2v) is 7.59. The third-order valence-corrected chi connectivity index (χ3v) is 6.17. The number of hydrogen-bond donors (Lipinski definition) is 0. The molecule has 1 aliphatic carbocycles. The van der Waals surface area contributed by atoms with Gasteiger partial charge < -0.3 is 24.8 Å². The van der Waals surface area contributed by atoms with E-state index < -0.39 is 0 Å². The molecule has 4 heteroatoms. The van der Waals surface area contributed by atoms with E-state index in [1.165, 1.54) is 22.3 Å². The third kappa shape index (κ3) is 3.98. The van der Waals surface area contributed by atoms with Crippen molar-refractivity contribution in [3.8, 4) is 0 Å². The fourth-order valence-electron chi connectivity index (χ4n) is 5.00. The lowest BCUT2D eigenvalue weighted by molar-refractivity contribution is -0.378. The molecular formula is C26H24Cl2N2. The van der Waals surface area contributed by atoms with Crippen LogP contribution in [0.25, 0.3) is 0 Å². The number of benzene rings is 2. The van der Waals surface area contributed by atoms with Crippen molar-refractivity contribution in [3.05, 3.63) is 132 Å². The Hall–Kier alpha value is -2.68. The molecule has 0 aliphatic heterocycles. The first-order valence-electron chi connectivity index (χ1n) is 9.95. The van der Waals surface area contributed by atoms with E-state index in [4.69, 9.17) is 0 Å². The molecule has 2 heterocycles. The quantitative estimate of drug-likeness (QED) is 0.384. The second-order valence-electron chi connectivity index (χ2n) is 7.59. The highest BCUT2D eigenvalue weighted by atomic mass is 35.5. The SMILES string of the molecule is [Cl-].[Cl-].c1ccc(C2[C@H](c3ccccc3)C(c3cc[nH+]cc3)[C@@H]2c2cc[nH+]cc2)cc1. The van der Waals surface area contributed by atoms with Crippen LogP contribution in [0, 0.1) is 0 Å². The van der Waals surface area contributed by atoms with Crippen LogP contribution in [0.5, 0.6) is 0 Å². The molecule has 1 saturated carbocycles. The van der Waals surface area contributed by atoms with E-state index in [0.717, 1.165) is 0 Å². The van der Waals surface area contributed by atoms with Crippen molar-refractivity contribution in [2.75, 3.05) is 0 Å². The minimum atomic E-state index is 0. The van der Waals surface area contributed by atoms with Gasteiger partial charge in [-0.3, -0.25) is 0 Å². The van der Waals surface area contributed by atoms with Gasteiger partial charge in [0, 0.05) is 24.3 Å². The molecule has 2 nitrogen and oxygen atoms in total. The first kappa shape index (κ1) is 22.0. The molecule has 0 saturated heterocycles. The molecule has 0 spiro atoms. The Balaban J connectivity index is 0.00000128. The van der Waals surface area contributed by atoms with Crippen LogP contribution in [0.3, 0.4) is 0 Å². The van der Waals surface area contributed by atoms with Gasteiger partial charge >= 0.3 is 0 Å². The fraction of sp³-hybridized carbons (Fsp3) is 0.154. The summed E-state index contributed by atoms with van der Waals surface area (Å²) in [6, 6.07) is 31.0. The van der Waals surface area contributed by atoms with E-state index in [9.17, 15) is 0 Å². The minimum Gasteiger partial charge on any atom is -1.00 e. The van der Waals surface area contributed by atoms with Crippen LogP contribution < -0.4 is 34.8 Å². The summed E-state index contributed by atoms with van der Waals surface area (Å²) in [5, 5.41) is 0.